The minimum absolute atomic E-state index is 0.132. The number of aromatic nitrogens is 2. The average molecular weight is 318 g/mol. The average Bonchev–Trinajstić information content (AvgIpc) is 2.51. The van der Waals surface area contributed by atoms with Crippen molar-refractivity contribution in [2.45, 2.75) is 6.36 Å². The fraction of sp³-hybridized carbons (Fsp3) is 0.583. The number of halogens is 3. The molecular formula is C12H17F3N6O. The van der Waals surface area contributed by atoms with Crippen LogP contribution in [0.25, 0.3) is 0 Å². The zero-order valence-electron chi connectivity index (χ0n) is 11.8. The number of anilines is 1. The van der Waals surface area contributed by atoms with Crippen molar-refractivity contribution >= 4 is 11.9 Å². The molecule has 1 aromatic rings. The molecule has 0 unspecified atom stereocenters. The van der Waals surface area contributed by atoms with Crippen LogP contribution in [-0.2, 0) is 4.74 Å². The Morgan fingerprint density at radius 1 is 1.23 bits per heavy atom. The number of nitrogens with zero attached hydrogens (tertiary/aromatic N) is 5. The molecule has 2 N–H and O–H groups in total. The monoisotopic (exact) mass is 318 g/mol. The molecule has 0 amide bonds. The van der Waals surface area contributed by atoms with Crippen molar-refractivity contribution in [3.05, 3.63) is 18.5 Å². The van der Waals surface area contributed by atoms with Crippen molar-refractivity contribution in [1.29, 1.82) is 0 Å². The lowest BCUT2D eigenvalue weighted by atomic mass is 10.3. The van der Waals surface area contributed by atoms with E-state index in [0.717, 1.165) is 0 Å². The molecular weight excluding hydrogens is 301 g/mol. The Morgan fingerprint density at radius 3 is 2.45 bits per heavy atom. The van der Waals surface area contributed by atoms with Gasteiger partial charge in [-0.25, -0.2) is 9.97 Å². The molecule has 10 heteroatoms. The van der Waals surface area contributed by atoms with Gasteiger partial charge in [-0.1, -0.05) is 0 Å². The van der Waals surface area contributed by atoms with Crippen LogP contribution in [-0.4, -0.2) is 66.5 Å². The summed E-state index contributed by atoms with van der Waals surface area (Å²) < 4.78 is 39.1. The Hall–Kier alpha value is -2.10. The molecule has 0 aromatic carbocycles. The molecule has 0 bridgehead atoms. The second kappa shape index (κ2) is 7.25. The Balaban J connectivity index is 1.76. The highest BCUT2D eigenvalue weighted by Gasteiger charge is 2.28. The Labute approximate surface area is 125 Å². The summed E-state index contributed by atoms with van der Waals surface area (Å²) in [5.41, 5.74) is 5.77. The molecule has 1 aromatic heterocycles. The van der Waals surface area contributed by atoms with Crippen LogP contribution in [0.3, 0.4) is 0 Å². The second-order valence-electron chi connectivity index (χ2n) is 4.56. The summed E-state index contributed by atoms with van der Waals surface area (Å²) in [7, 11) is 0. The number of hydrogen-bond acceptors (Lipinski definition) is 5. The van der Waals surface area contributed by atoms with E-state index >= 15 is 0 Å². The molecule has 0 radical (unpaired) electrons. The van der Waals surface area contributed by atoms with Gasteiger partial charge in [0.15, 0.2) is 5.96 Å². The topological polar surface area (TPSA) is 79.9 Å². The van der Waals surface area contributed by atoms with Crippen molar-refractivity contribution in [2.24, 2.45) is 10.7 Å². The molecule has 122 valence electrons. The SMILES string of the molecule is NC(=NCCOC(F)(F)F)N1CCN(c2ncccn2)CC1. The lowest BCUT2D eigenvalue weighted by Crippen LogP contribution is -2.51. The zero-order chi connectivity index (χ0) is 16.0. The van der Waals surface area contributed by atoms with Crippen molar-refractivity contribution in [3.8, 4) is 0 Å². The van der Waals surface area contributed by atoms with E-state index in [-0.39, 0.29) is 12.5 Å². The minimum atomic E-state index is -4.63. The molecule has 2 heterocycles. The predicted octanol–water partition coefficient (Wildman–Crippen LogP) is 0.450. The lowest BCUT2D eigenvalue weighted by molar-refractivity contribution is -0.323. The number of alkyl halides is 3. The molecule has 0 atom stereocenters. The van der Waals surface area contributed by atoms with E-state index < -0.39 is 13.0 Å². The Bertz CT molecular complexity index is 487. The lowest BCUT2D eigenvalue weighted by Gasteiger charge is -2.35. The normalized spacial score (nSPS) is 17.0. The van der Waals surface area contributed by atoms with E-state index in [0.29, 0.717) is 32.1 Å². The highest BCUT2D eigenvalue weighted by molar-refractivity contribution is 5.78. The summed E-state index contributed by atoms with van der Waals surface area (Å²) in [4.78, 5) is 16.1. The molecule has 0 spiro atoms. The first-order valence-electron chi connectivity index (χ1n) is 6.73. The van der Waals surface area contributed by atoms with Crippen LogP contribution in [0.2, 0.25) is 0 Å². The van der Waals surface area contributed by atoms with Crippen molar-refractivity contribution in [3.63, 3.8) is 0 Å². The third-order valence-electron chi connectivity index (χ3n) is 3.07. The van der Waals surface area contributed by atoms with Crippen LogP contribution in [0.5, 0.6) is 0 Å². The second-order valence-corrected chi connectivity index (χ2v) is 4.56. The van der Waals surface area contributed by atoms with Gasteiger partial charge in [-0.15, -0.1) is 13.2 Å². The van der Waals surface area contributed by atoms with Crippen LogP contribution < -0.4 is 10.6 Å². The first kappa shape index (κ1) is 16.3. The van der Waals surface area contributed by atoms with Gasteiger partial charge in [0.1, 0.15) is 0 Å². The zero-order valence-corrected chi connectivity index (χ0v) is 11.8. The predicted molar refractivity (Wildman–Crippen MR) is 74.3 cm³/mol. The standard InChI is InChI=1S/C12H17F3N6O/c13-12(14,15)22-9-4-17-10(16)20-5-7-21(8-6-20)11-18-2-1-3-19-11/h1-3H,4-9H2,(H2,16,17). The number of ether oxygens (including phenoxy) is 1. The quantitative estimate of drug-likeness (QED) is 0.493. The molecule has 1 fully saturated rings. The number of piperazine rings is 1. The third kappa shape index (κ3) is 5.02. The molecule has 1 aliphatic rings. The van der Waals surface area contributed by atoms with Gasteiger partial charge in [0.25, 0.3) is 0 Å². The number of aliphatic imine (C=N–C) groups is 1. The molecule has 7 nitrogen and oxygen atoms in total. The van der Waals surface area contributed by atoms with Gasteiger partial charge < -0.3 is 15.5 Å². The van der Waals surface area contributed by atoms with Crippen LogP contribution >= 0.6 is 0 Å². The van der Waals surface area contributed by atoms with E-state index in [1.54, 1.807) is 18.5 Å². The highest BCUT2D eigenvalue weighted by atomic mass is 19.4. The maximum absolute atomic E-state index is 11.8. The van der Waals surface area contributed by atoms with Gasteiger partial charge in [-0.3, -0.25) is 9.73 Å². The van der Waals surface area contributed by atoms with E-state index in [4.69, 9.17) is 5.73 Å². The molecule has 1 saturated heterocycles. The van der Waals surface area contributed by atoms with Gasteiger partial charge in [-0.05, 0) is 6.07 Å². The van der Waals surface area contributed by atoms with Crippen molar-refractivity contribution in [1.82, 2.24) is 14.9 Å². The van der Waals surface area contributed by atoms with Crippen LogP contribution in [0.15, 0.2) is 23.5 Å². The maximum atomic E-state index is 11.8. The van der Waals surface area contributed by atoms with E-state index in [9.17, 15) is 13.2 Å². The van der Waals surface area contributed by atoms with E-state index in [2.05, 4.69) is 19.7 Å². The molecule has 0 aliphatic carbocycles. The number of guanidine groups is 1. The summed E-state index contributed by atoms with van der Waals surface area (Å²) in [6.45, 7) is 1.87. The third-order valence-corrected chi connectivity index (χ3v) is 3.07. The minimum Gasteiger partial charge on any atom is -0.370 e. The fourth-order valence-electron chi connectivity index (χ4n) is 2.01. The number of hydrogen-bond donors (Lipinski definition) is 1. The summed E-state index contributed by atoms with van der Waals surface area (Å²) in [6, 6.07) is 1.74. The summed E-state index contributed by atoms with van der Waals surface area (Å²) >= 11 is 0. The van der Waals surface area contributed by atoms with E-state index in [1.165, 1.54) is 0 Å². The Kier molecular flexibility index (Phi) is 5.36. The molecule has 0 saturated carbocycles. The van der Waals surface area contributed by atoms with Gasteiger partial charge in [0.2, 0.25) is 5.95 Å². The van der Waals surface area contributed by atoms with Gasteiger partial charge in [0, 0.05) is 38.6 Å². The van der Waals surface area contributed by atoms with Crippen LogP contribution in [0.1, 0.15) is 0 Å². The molecule has 2 rings (SSSR count). The summed E-state index contributed by atoms with van der Waals surface area (Å²) in [6.07, 6.45) is -1.29. The highest BCUT2D eigenvalue weighted by Crippen LogP contribution is 2.15. The van der Waals surface area contributed by atoms with Crippen molar-refractivity contribution in [2.75, 3.05) is 44.2 Å². The van der Waals surface area contributed by atoms with Gasteiger partial charge in [0.05, 0.1) is 13.2 Å². The number of nitrogens with two attached hydrogens (primary N) is 1. The molecule has 1 aliphatic heterocycles. The number of rotatable bonds is 4. The maximum Gasteiger partial charge on any atom is 0.522 e. The largest absolute Gasteiger partial charge is 0.522 e. The Morgan fingerprint density at radius 2 is 1.86 bits per heavy atom. The van der Waals surface area contributed by atoms with Crippen LogP contribution in [0.4, 0.5) is 19.1 Å². The van der Waals surface area contributed by atoms with Crippen molar-refractivity contribution < 1.29 is 17.9 Å². The summed E-state index contributed by atoms with van der Waals surface area (Å²) in [5.74, 6) is 0.871. The first-order valence-corrected chi connectivity index (χ1v) is 6.73. The molecule has 22 heavy (non-hydrogen) atoms. The van der Waals surface area contributed by atoms with Gasteiger partial charge in [-0.2, -0.15) is 0 Å². The smallest absolute Gasteiger partial charge is 0.370 e. The fourth-order valence-corrected chi connectivity index (χ4v) is 2.01. The van der Waals surface area contributed by atoms with Crippen LogP contribution in [0, 0.1) is 0 Å². The first-order chi connectivity index (χ1) is 10.5. The van der Waals surface area contributed by atoms with Gasteiger partial charge >= 0.3 is 6.36 Å². The van der Waals surface area contributed by atoms with E-state index in [1.807, 2.05) is 9.80 Å². The summed E-state index contributed by atoms with van der Waals surface area (Å²) in [5, 5.41) is 0.